The van der Waals surface area contributed by atoms with Gasteiger partial charge in [-0.25, -0.2) is 4.68 Å². The van der Waals surface area contributed by atoms with Crippen molar-refractivity contribution in [2.24, 2.45) is 0 Å². The number of aromatic nitrogens is 3. The van der Waals surface area contributed by atoms with Gasteiger partial charge in [0.15, 0.2) is 5.76 Å². The Balaban J connectivity index is 1.54. The lowest BCUT2D eigenvalue weighted by molar-refractivity contribution is -0.117. The molecule has 8 heteroatoms. The molecule has 8 nitrogen and oxygen atoms in total. The third kappa shape index (κ3) is 3.97. The Morgan fingerprint density at radius 2 is 2.07 bits per heavy atom. The molecule has 1 N–H and O–H groups in total. The van der Waals surface area contributed by atoms with E-state index < -0.39 is 0 Å². The van der Waals surface area contributed by atoms with Gasteiger partial charge in [-0.15, -0.1) is 0 Å². The molecule has 4 aromatic rings. The molecule has 0 saturated heterocycles. The zero-order valence-corrected chi connectivity index (χ0v) is 15.9. The molecule has 148 valence electrons. The normalized spacial score (nSPS) is 11.1. The van der Waals surface area contributed by atoms with Gasteiger partial charge in [0, 0.05) is 31.3 Å². The molecule has 0 fully saturated rings. The van der Waals surface area contributed by atoms with Crippen molar-refractivity contribution in [3.05, 3.63) is 71.3 Å². The second-order valence-electron chi connectivity index (χ2n) is 6.48. The Morgan fingerprint density at radius 3 is 2.86 bits per heavy atom. The number of anilines is 1. The Labute approximate surface area is 166 Å². The first-order chi connectivity index (χ1) is 14.2. The van der Waals surface area contributed by atoms with E-state index in [9.17, 15) is 9.59 Å². The van der Waals surface area contributed by atoms with Crippen molar-refractivity contribution in [3.8, 4) is 11.5 Å². The van der Waals surface area contributed by atoms with E-state index in [-0.39, 0.29) is 18.0 Å². The van der Waals surface area contributed by atoms with Crippen LogP contribution in [-0.4, -0.2) is 34.0 Å². The number of nitrogens with one attached hydrogen (secondary N) is 1. The lowest BCUT2D eigenvalue weighted by atomic mass is 10.2. The number of nitrogens with zero attached hydrogens (tertiary/aromatic N) is 3. The number of amides is 1. The number of rotatable bonds is 7. The highest BCUT2D eigenvalue weighted by Gasteiger charge is 2.12. The number of hydrogen-bond donors (Lipinski definition) is 1. The van der Waals surface area contributed by atoms with Crippen LogP contribution in [0, 0.1) is 0 Å². The van der Waals surface area contributed by atoms with Crippen LogP contribution in [0.25, 0.3) is 22.4 Å². The highest BCUT2D eigenvalue weighted by Crippen LogP contribution is 2.24. The quantitative estimate of drug-likeness (QED) is 0.522. The first-order valence-corrected chi connectivity index (χ1v) is 9.14. The first-order valence-electron chi connectivity index (χ1n) is 9.14. The predicted octanol–water partition coefficient (Wildman–Crippen LogP) is 2.74. The summed E-state index contributed by atoms with van der Waals surface area (Å²) in [5, 5.41) is 8.02. The van der Waals surface area contributed by atoms with Crippen LogP contribution in [0.5, 0.6) is 0 Å². The standard InChI is InChI=1S/C21H20N4O4/c1-28-13-11-24-10-9-15-16(4-2-5-18(15)24)22-20(26)14-25-21(27)8-7-17(23-25)19-6-3-12-29-19/h2-10,12H,11,13-14H2,1H3,(H,22,26). The van der Waals surface area contributed by atoms with Crippen LogP contribution in [-0.2, 0) is 22.6 Å². The second kappa shape index (κ2) is 8.15. The van der Waals surface area contributed by atoms with Crippen molar-refractivity contribution in [1.29, 1.82) is 0 Å². The SMILES string of the molecule is COCCn1ccc2c(NC(=O)Cn3nc(-c4ccco4)ccc3=O)cccc21. The summed E-state index contributed by atoms with van der Waals surface area (Å²) in [5.74, 6) is 0.190. The Morgan fingerprint density at radius 1 is 1.17 bits per heavy atom. The van der Waals surface area contributed by atoms with Crippen molar-refractivity contribution in [2.45, 2.75) is 13.1 Å². The van der Waals surface area contributed by atoms with Crippen molar-refractivity contribution in [1.82, 2.24) is 14.3 Å². The van der Waals surface area contributed by atoms with Crippen LogP contribution in [0.2, 0.25) is 0 Å². The number of benzene rings is 1. The molecule has 0 atom stereocenters. The van der Waals surface area contributed by atoms with Gasteiger partial charge in [0.2, 0.25) is 5.91 Å². The largest absolute Gasteiger partial charge is 0.463 e. The molecule has 0 spiro atoms. The smallest absolute Gasteiger partial charge is 0.267 e. The minimum Gasteiger partial charge on any atom is -0.463 e. The molecule has 0 aliphatic rings. The molecule has 1 aromatic carbocycles. The lowest BCUT2D eigenvalue weighted by Crippen LogP contribution is -2.29. The summed E-state index contributed by atoms with van der Waals surface area (Å²) in [6, 6.07) is 14.1. The number of fused-ring (bicyclic) bond motifs is 1. The third-order valence-electron chi connectivity index (χ3n) is 4.56. The highest BCUT2D eigenvalue weighted by molar-refractivity contribution is 6.01. The molecule has 29 heavy (non-hydrogen) atoms. The fourth-order valence-corrected chi connectivity index (χ4v) is 3.16. The zero-order chi connectivity index (χ0) is 20.2. The Bertz CT molecular complexity index is 1190. The van der Waals surface area contributed by atoms with Gasteiger partial charge < -0.3 is 19.0 Å². The van der Waals surface area contributed by atoms with Gasteiger partial charge in [0.25, 0.3) is 5.56 Å². The maximum Gasteiger partial charge on any atom is 0.267 e. The number of carbonyl (C=O) groups is 1. The lowest BCUT2D eigenvalue weighted by Gasteiger charge is -2.10. The average molecular weight is 392 g/mol. The molecule has 0 radical (unpaired) electrons. The maximum absolute atomic E-state index is 12.6. The molecule has 3 heterocycles. The summed E-state index contributed by atoms with van der Waals surface area (Å²) in [5.41, 5.74) is 1.80. The van der Waals surface area contributed by atoms with E-state index >= 15 is 0 Å². The third-order valence-corrected chi connectivity index (χ3v) is 4.56. The van der Waals surface area contributed by atoms with Crippen LogP contribution in [0.15, 0.2) is 70.2 Å². The molecule has 0 saturated carbocycles. The van der Waals surface area contributed by atoms with Gasteiger partial charge in [-0.2, -0.15) is 5.10 Å². The first kappa shape index (κ1) is 18.7. The Kier molecular flexibility index (Phi) is 5.26. The number of methoxy groups -OCH3 is 1. The van der Waals surface area contributed by atoms with Crippen LogP contribution in [0.3, 0.4) is 0 Å². The molecule has 0 unspecified atom stereocenters. The topological polar surface area (TPSA) is 91.3 Å². The monoisotopic (exact) mass is 392 g/mol. The van der Waals surface area contributed by atoms with Crippen molar-refractivity contribution < 1.29 is 13.9 Å². The summed E-state index contributed by atoms with van der Waals surface area (Å²) < 4.78 is 13.6. The highest BCUT2D eigenvalue weighted by atomic mass is 16.5. The van der Waals surface area contributed by atoms with Gasteiger partial charge in [-0.3, -0.25) is 9.59 Å². The van der Waals surface area contributed by atoms with E-state index in [0.29, 0.717) is 23.7 Å². The molecular formula is C21H20N4O4. The molecule has 0 aliphatic carbocycles. The number of carbonyl (C=O) groups excluding carboxylic acids is 1. The average Bonchev–Trinajstić information content (AvgIpc) is 3.39. The van der Waals surface area contributed by atoms with Crippen molar-refractivity contribution in [2.75, 3.05) is 19.0 Å². The van der Waals surface area contributed by atoms with E-state index in [2.05, 4.69) is 15.0 Å². The van der Waals surface area contributed by atoms with E-state index in [1.807, 2.05) is 30.5 Å². The van der Waals surface area contributed by atoms with Crippen LogP contribution >= 0.6 is 0 Å². The van der Waals surface area contributed by atoms with E-state index in [1.54, 1.807) is 25.3 Å². The molecule has 3 aromatic heterocycles. The minimum atomic E-state index is -0.362. The minimum absolute atomic E-state index is 0.200. The van der Waals surface area contributed by atoms with Crippen molar-refractivity contribution in [3.63, 3.8) is 0 Å². The van der Waals surface area contributed by atoms with E-state index in [1.165, 1.54) is 12.3 Å². The van der Waals surface area contributed by atoms with E-state index in [4.69, 9.17) is 9.15 Å². The fourth-order valence-electron chi connectivity index (χ4n) is 3.16. The van der Waals surface area contributed by atoms with Crippen LogP contribution in [0.1, 0.15) is 0 Å². The van der Waals surface area contributed by atoms with Crippen LogP contribution in [0.4, 0.5) is 5.69 Å². The molecule has 4 rings (SSSR count). The number of hydrogen-bond acceptors (Lipinski definition) is 5. The molecule has 0 aliphatic heterocycles. The fraction of sp³-hybridized carbons (Fsp3) is 0.190. The maximum atomic E-state index is 12.6. The van der Waals surface area contributed by atoms with Gasteiger partial charge in [0.1, 0.15) is 12.2 Å². The summed E-state index contributed by atoms with van der Waals surface area (Å²) in [6.07, 6.45) is 3.48. The molecule has 0 bridgehead atoms. The number of furan rings is 1. The molecular weight excluding hydrogens is 372 g/mol. The number of ether oxygens (including phenoxy) is 1. The summed E-state index contributed by atoms with van der Waals surface area (Å²) >= 11 is 0. The van der Waals surface area contributed by atoms with Crippen LogP contribution < -0.4 is 10.9 Å². The summed E-state index contributed by atoms with van der Waals surface area (Å²) in [7, 11) is 1.66. The van der Waals surface area contributed by atoms with Gasteiger partial charge in [0.05, 0.1) is 24.1 Å². The van der Waals surface area contributed by atoms with Gasteiger partial charge in [-0.1, -0.05) is 6.07 Å². The summed E-state index contributed by atoms with van der Waals surface area (Å²) in [4.78, 5) is 24.7. The van der Waals surface area contributed by atoms with E-state index in [0.717, 1.165) is 22.1 Å². The van der Waals surface area contributed by atoms with Crippen molar-refractivity contribution >= 4 is 22.5 Å². The van der Waals surface area contributed by atoms with Gasteiger partial charge >= 0.3 is 0 Å². The Hall–Kier alpha value is -3.65. The summed E-state index contributed by atoms with van der Waals surface area (Å²) in [6.45, 7) is 1.12. The molecule has 1 amide bonds. The predicted molar refractivity (Wildman–Crippen MR) is 109 cm³/mol. The second-order valence-corrected chi connectivity index (χ2v) is 6.48. The van der Waals surface area contributed by atoms with Gasteiger partial charge in [-0.05, 0) is 36.4 Å². The zero-order valence-electron chi connectivity index (χ0n) is 15.9.